The predicted molar refractivity (Wildman–Crippen MR) is 93.4 cm³/mol. The summed E-state index contributed by atoms with van der Waals surface area (Å²) in [5.74, 6) is 2.04. The first kappa shape index (κ1) is 18.3. The van der Waals surface area contributed by atoms with Crippen LogP contribution in [0.1, 0.15) is 59.8 Å². The van der Waals surface area contributed by atoms with Crippen molar-refractivity contribution in [3.05, 3.63) is 0 Å². The summed E-state index contributed by atoms with van der Waals surface area (Å²) < 4.78 is 0. The van der Waals surface area contributed by atoms with Gasteiger partial charge in [-0.25, -0.2) is 0 Å². The highest BCUT2D eigenvalue weighted by atomic mass is 32.2. The first-order valence-corrected chi connectivity index (χ1v) is 9.58. The molecule has 1 aliphatic rings. The summed E-state index contributed by atoms with van der Waals surface area (Å²) >= 11 is 1.94. The second-order valence-electron chi connectivity index (χ2n) is 7.84. The van der Waals surface area contributed by atoms with Crippen molar-refractivity contribution in [2.45, 2.75) is 71.4 Å². The molecule has 3 atom stereocenters. The monoisotopic (exact) mass is 300 g/mol. The van der Waals surface area contributed by atoms with Gasteiger partial charge < -0.3 is 5.73 Å². The van der Waals surface area contributed by atoms with Gasteiger partial charge in [0.2, 0.25) is 0 Å². The quantitative estimate of drug-likeness (QED) is 0.778. The highest BCUT2D eigenvalue weighted by molar-refractivity contribution is 7.98. The maximum Gasteiger partial charge on any atom is 0.0331 e. The second-order valence-corrected chi connectivity index (χ2v) is 8.75. The van der Waals surface area contributed by atoms with Crippen LogP contribution < -0.4 is 5.73 Å². The van der Waals surface area contributed by atoms with Gasteiger partial charge in [0.1, 0.15) is 0 Å². The SMILES string of the molecule is CSCC(C)N(C)C1(CN)CCCC(C(C)(C)C)CC1. The molecule has 1 aliphatic carbocycles. The zero-order chi connectivity index (χ0) is 15.4. The highest BCUT2D eigenvalue weighted by Gasteiger charge is 2.39. The molecule has 20 heavy (non-hydrogen) atoms. The Kier molecular flexibility index (Phi) is 6.88. The van der Waals surface area contributed by atoms with E-state index in [0.29, 0.717) is 11.5 Å². The summed E-state index contributed by atoms with van der Waals surface area (Å²) in [6.45, 7) is 10.3. The Labute approximate surface area is 131 Å². The zero-order valence-electron chi connectivity index (χ0n) is 14.5. The standard InChI is InChI=1S/C17H36N2S/c1-14(12-20-6)19(5)17(13-18)10-7-8-15(9-11-17)16(2,3)4/h14-15H,7-13,18H2,1-6H3. The molecule has 3 heteroatoms. The molecule has 1 saturated carbocycles. The first-order valence-electron chi connectivity index (χ1n) is 8.19. The number of nitrogens with zero attached hydrogens (tertiary/aromatic N) is 1. The normalized spacial score (nSPS) is 30.3. The number of nitrogens with two attached hydrogens (primary N) is 1. The van der Waals surface area contributed by atoms with Crippen LogP contribution in [0.3, 0.4) is 0 Å². The van der Waals surface area contributed by atoms with Gasteiger partial charge in [0, 0.05) is 23.9 Å². The molecule has 0 bridgehead atoms. The van der Waals surface area contributed by atoms with Gasteiger partial charge >= 0.3 is 0 Å². The average molecular weight is 301 g/mol. The van der Waals surface area contributed by atoms with E-state index in [1.165, 1.54) is 37.9 Å². The fourth-order valence-electron chi connectivity index (χ4n) is 3.78. The summed E-state index contributed by atoms with van der Waals surface area (Å²) in [4.78, 5) is 2.59. The van der Waals surface area contributed by atoms with E-state index in [9.17, 15) is 0 Å². The zero-order valence-corrected chi connectivity index (χ0v) is 15.4. The van der Waals surface area contributed by atoms with E-state index in [0.717, 1.165) is 12.5 Å². The van der Waals surface area contributed by atoms with Crippen molar-refractivity contribution in [2.75, 3.05) is 25.6 Å². The molecule has 0 spiro atoms. The van der Waals surface area contributed by atoms with E-state index in [1.807, 2.05) is 11.8 Å². The van der Waals surface area contributed by atoms with Crippen LogP contribution in [0.2, 0.25) is 0 Å². The fraction of sp³-hybridized carbons (Fsp3) is 1.00. The minimum absolute atomic E-state index is 0.231. The minimum atomic E-state index is 0.231. The highest BCUT2D eigenvalue weighted by Crippen LogP contribution is 2.41. The second kappa shape index (κ2) is 7.51. The van der Waals surface area contributed by atoms with Crippen molar-refractivity contribution in [3.63, 3.8) is 0 Å². The molecule has 2 N–H and O–H groups in total. The van der Waals surface area contributed by atoms with Crippen LogP contribution in [0.5, 0.6) is 0 Å². The summed E-state index contributed by atoms with van der Waals surface area (Å²) in [5.41, 5.74) is 6.92. The lowest BCUT2D eigenvalue weighted by Crippen LogP contribution is -2.55. The molecule has 0 heterocycles. The predicted octanol–water partition coefficient (Wildman–Crippen LogP) is 3.99. The van der Waals surface area contributed by atoms with Crippen molar-refractivity contribution < 1.29 is 0 Å². The van der Waals surface area contributed by atoms with Gasteiger partial charge in [-0.05, 0) is 57.2 Å². The van der Waals surface area contributed by atoms with E-state index in [1.54, 1.807) is 0 Å². The molecule has 2 nitrogen and oxygen atoms in total. The molecule has 1 fully saturated rings. The van der Waals surface area contributed by atoms with E-state index < -0.39 is 0 Å². The fourth-order valence-corrected chi connectivity index (χ4v) is 4.48. The van der Waals surface area contributed by atoms with Crippen LogP contribution in [-0.2, 0) is 0 Å². The number of hydrogen-bond acceptors (Lipinski definition) is 3. The molecular weight excluding hydrogens is 264 g/mol. The van der Waals surface area contributed by atoms with E-state index in [-0.39, 0.29) is 5.54 Å². The topological polar surface area (TPSA) is 29.3 Å². The molecular formula is C17H36N2S. The Morgan fingerprint density at radius 2 is 1.95 bits per heavy atom. The summed E-state index contributed by atoms with van der Waals surface area (Å²) in [5, 5.41) is 0. The molecule has 0 aromatic carbocycles. The van der Waals surface area contributed by atoms with Crippen molar-refractivity contribution in [3.8, 4) is 0 Å². The van der Waals surface area contributed by atoms with E-state index in [2.05, 4.69) is 45.9 Å². The van der Waals surface area contributed by atoms with Crippen LogP contribution in [-0.4, -0.2) is 42.1 Å². The van der Waals surface area contributed by atoms with Crippen molar-refractivity contribution in [1.82, 2.24) is 4.90 Å². The van der Waals surface area contributed by atoms with Crippen LogP contribution in [0.25, 0.3) is 0 Å². The van der Waals surface area contributed by atoms with Gasteiger partial charge in [0.15, 0.2) is 0 Å². The maximum absolute atomic E-state index is 6.25. The first-order chi connectivity index (χ1) is 9.27. The third kappa shape index (κ3) is 4.38. The molecule has 0 amide bonds. The van der Waals surface area contributed by atoms with Crippen LogP contribution in [0, 0.1) is 11.3 Å². The van der Waals surface area contributed by atoms with Crippen LogP contribution in [0.15, 0.2) is 0 Å². The molecule has 120 valence electrons. The van der Waals surface area contributed by atoms with Crippen molar-refractivity contribution in [1.29, 1.82) is 0 Å². The minimum Gasteiger partial charge on any atom is -0.329 e. The average Bonchev–Trinajstić information content (AvgIpc) is 2.61. The number of thioether (sulfide) groups is 1. The number of hydrogen-bond donors (Lipinski definition) is 1. The third-order valence-electron chi connectivity index (χ3n) is 5.57. The summed E-state index contributed by atoms with van der Waals surface area (Å²) in [6.07, 6.45) is 8.76. The molecule has 1 rings (SSSR count). The Balaban J connectivity index is 2.79. The smallest absolute Gasteiger partial charge is 0.0331 e. The number of likely N-dealkylation sites (N-methyl/N-ethyl adjacent to an activating group) is 1. The lowest BCUT2D eigenvalue weighted by molar-refractivity contribution is 0.0750. The Hall–Kier alpha value is 0.270. The maximum atomic E-state index is 6.25. The van der Waals surface area contributed by atoms with E-state index >= 15 is 0 Å². The van der Waals surface area contributed by atoms with Crippen LogP contribution in [0.4, 0.5) is 0 Å². The van der Waals surface area contributed by atoms with Gasteiger partial charge in [0.05, 0.1) is 0 Å². The van der Waals surface area contributed by atoms with Gasteiger partial charge in [-0.15, -0.1) is 0 Å². The summed E-state index contributed by atoms with van der Waals surface area (Å²) in [6, 6.07) is 0.611. The van der Waals surface area contributed by atoms with Crippen molar-refractivity contribution in [2.24, 2.45) is 17.1 Å². The molecule has 3 unspecified atom stereocenters. The third-order valence-corrected chi connectivity index (χ3v) is 6.39. The Bertz CT molecular complexity index is 287. The Morgan fingerprint density at radius 1 is 1.30 bits per heavy atom. The number of rotatable bonds is 5. The lowest BCUT2D eigenvalue weighted by atomic mass is 9.76. The molecule has 0 aromatic heterocycles. The molecule has 0 aromatic rings. The lowest BCUT2D eigenvalue weighted by Gasteiger charge is -2.44. The van der Waals surface area contributed by atoms with Crippen molar-refractivity contribution >= 4 is 11.8 Å². The van der Waals surface area contributed by atoms with Gasteiger partial charge in [-0.3, -0.25) is 4.90 Å². The molecule has 0 aliphatic heterocycles. The largest absolute Gasteiger partial charge is 0.329 e. The van der Waals surface area contributed by atoms with Gasteiger partial charge in [-0.2, -0.15) is 11.8 Å². The molecule has 0 radical (unpaired) electrons. The van der Waals surface area contributed by atoms with Gasteiger partial charge in [-0.1, -0.05) is 27.2 Å². The Morgan fingerprint density at radius 3 is 2.45 bits per heavy atom. The van der Waals surface area contributed by atoms with Gasteiger partial charge in [0.25, 0.3) is 0 Å². The van der Waals surface area contributed by atoms with Crippen LogP contribution >= 0.6 is 11.8 Å². The summed E-state index contributed by atoms with van der Waals surface area (Å²) in [7, 11) is 2.30. The van der Waals surface area contributed by atoms with E-state index in [4.69, 9.17) is 5.73 Å². The molecule has 0 saturated heterocycles.